The van der Waals surface area contributed by atoms with Crippen LogP contribution in [0.5, 0.6) is 5.75 Å². The summed E-state index contributed by atoms with van der Waals surface area (Å²) in [5.41, 5.74) is 1.47. The monoisotopic (exact) mass is 355 g/mol. The molecule has 1 amide bonds. The van der Waals surface area contributed by atoms with E-state index in [1.165, 1.54) is 11.8 Å². The van der Waals surface area contributed by atoms with Gasteiger partial charge in [-0.05, 0) is 41.6 Å². The molecule has 1 heterocycles. The summed E-state index contributed by atoms with van der Waals surface area (Å²) in [6.45, 7) is 1.80. The summed E-state index contributed by atoms with van der Waals surface area (Å²) in [4.78, 5) is 12.5. The summed E-state index contributed by atoms with van der Waals surface area (Å²) in [5, 5.41) is 14.8. The minimum absolute atomic E-state index is 0.155. The number of para-hydroxylation sites is 3. The number of thioether (sulfide) groups is 1. The number of hydrogen-bond acceptors (Lipinski definition) is 6. The Hall–Kier alpha value is -2.87. The van der Waals surface area contributed by atoms with E-state index in [-0.39, 0.29) is 5.91 Å². The predicted octanol–water partition coefficient (Wildman–Crippen LogP) is 2.79. The second kappa shape index (κ2) is 7.80. The third-order valence-electron chi connectivity index (χ3n) is 3.46. The lowest BCUT2D eigenvalue weighted by Gasteiger charge is -2.13. The number of carbonyl (C=O) groups excluding carboxylic acids is 1. The molecule has 0 aliphatic heterocycles. The first-order chi connectivity index (χ1) is 12.2. The second-order valence-corrected chi connectivity index (χ2v) is 6.47. The van der Waals surface area contributed by atoms with Crippen molar-refractivity contribution < 1.29 is 9.53 Å². The van der Waals surface area contributed by atoms with Gasteiger partial charge in [0.1, 0.15) is 5.75 Å². The van der Waals surface area contributed by atoms with Crippen LogP contribution in [-0.4, -0.2) is 38.5 Å². The topological polar surface area (TPSA) is 81.9 Å². The lowest BCUT2D eigenvalue weighted by atomic mass is 10.3. The number of anilines is 1. The van der Waals surface area contributed by atoms with Gasteiger partial charge in [0.05, 0.1) is 23.7 Å². The van der Waals surface area contributed by atoms with Crippen LogP contribution in [-0.2, 0) is 4.79 Å². The highest BCUT2D eigenvalue weighted by Gasteiger charge is 2.20. The fourth-order valence-corrected chi connectivity index (χ4v) is 2.99. The molecule has 2 aromatic carbocycles. The van der Waals surface area contributed by atoms with Gasteiger partial charge in [0, 0.05) is 0 Å². The van der Waals surface area contributed by atoms with Gasteiger partial charge in [0.2, 0.25) is 11.1 Å². The molecular formula is C17H17N5O2S. The fraction of sp³-hybridized carbons (Fsp3) is 0.176. The highest BCUT2D eigenvalue weighted by Crippen LogP contribution is 2.27. The zero-order valence-corrected chi connectivity index (χ0v) is 14.6. The van der Waals surface area contributed by atoms with Crippen LogP contribution < -0.4 is 10.1 Å². The molecule has 7 nitrogen and oxygen atoms in total. The van der Waals surface area contributed by atoms with Crippen LogP contribution in [0.25, 0.3) is 5.69 Å². The van der Waals surface area contributed by atoms with Gasteiger partial charge in [0.25, 0.3) is 0 Å². The fourth-order valence-electron chi connectivity index (χ4n) is 2.18. The summed E-state index contributed by atoms with van der Waals surface area (Å²) >= 11 is 1.29. The molecule has 0 aliphatic carbocycles. The third-order valence-corrected chi connectivity index (χ3v) is 4.49. The standard InChI is InChI=1S/C17H17N5O2S/c1-12(16(23)18-14-10-6-7-11-15(14)24-2)25-17-19-20-21-22(17)13-8-4-3-5-9-13/h3-12H,1-2H3,(H,18,23)/t12-/m1/s1. The van der Waals surface area contributed by atoms with Gasteiger partial charge in [-0.1, -0.05) is 42.1 Å². The minimum Gasteiger partial charge on any atom is -0.495 e. The molecule has 0 radical (unpaired) electrons. The number of nitrogens with one attached hydrogen (secondary N) is 1. The molecule has 128 valence electrons. The number of amides is 1. The number of benzene rings is 2. The van der Waals surface area contributed by atoms with Crippen molar-refractivity contribution in [3.8, 4) is 11.4 Å². The Morgan fingerprint density at radius 1 is 1.16 bits per heavy atom. The van der Waals surface area contributed by atoms with E-state index in [1.54, 1.807) is 30.8 Å². The predicted molar refractivity (Wildman–Crippen MR) is 96.1 cm³/mol. The lowest BCUT2D eigenvalue weighted by molar-refractivity contribution is -0.115. The average Bonchev–Trinajstić information content (AvgIpc) is 3.11. The van der Waals surface area contributed by atoms with E-state index in [0.717, 1.165) is 5.69 Å². The summed E-state index contributed by atoms with van der Waals surface area (Å²) in [6, 6.07) is 16.8. The molecule has 3 aromatic rings. The van der Waals surface area contributed by atoms with Crippen molar-refractivity contribution >= 4 is 23.4 Å². The number of aromatic nitrogens is 4. The molecule has 0 spiro atoms. The van der Waals surface area contributed by atoms with Crippen molar-refractivity contribution in [2.45, 2.75) is 17.3 Å². The Labute approximate surface area is 149 Å². The molecule has 0 saturated carbocycles. The Bertz CT molecular complexity index is 853. The number of rotatable bonds is 6. The lowest BCUT2D eigenvalue weighted by Crippen LogP contribution is -2.23. The zero-order chi connectivity index (χ0) is 17.6. The molecule has 3 rings (SSSR count). The molecule has 1 aromatic heterocycles. The number of ether oxygens (including phenoxy) is 1. The van der Waals surface area contributed by atoms with Crippen molar-refractivity contribution in [2.75, 3.05) is 12.4 Å². The molecule has 1 N–H and O–H groups in total. The SMILES string of the molecule is COc1ccccc1NC(=O)[C@@H](C)Sc1nnnn1-c1ccccc1. The van der Waals surface area contributed by atoms with Gasteiger partial charge in [-0.2, -0.15) is 4.68 Å². The van der Waals surface area contributed by atoms with E-state index in [1.807, 2.05) is 42.5 Å². The molecule has 25 heavy (non-hydrogen) atoms. The number of tetrazole rings is 1. The Balaban J connectivity index is 1.72. The van der Waals surface area contributed by atoms with E-state index >= 15 is 0 Å². The van der Waals surface area contributed by atoms with Gasteiger partial charge in [-0.3, -0.25) is 4.79 Å². The summed E-state index contributed by atoms with van der Waals surface area (Å²) < 4.78 is 6.86. The van der Waals surface area contributed by atoms with Crippen molar-refractivity contribution in [2.24, 2.45) is 0 Å². The minimum atomic E-state index is -0.390. The molecule has 1 atom stereocenters. The number of carbonyl (C=O) groups is 1. The van der Waals surface area contributed by atoms with Gasteiger partial charge in [0.15, 0.2) is 0 Å². The summed E-state index contributed by atoms with van der Waals surface area (Å²) in [7, 11) is 1.57. The normalized spacial score (nSPS) is 11.8. The van der Waals surface area contributed by atoms with Crippen LogP contribution in [0.1, 0.15) is 6.92 Å². The smallest absolute Gasteiger partial charge is 0.237 e. The van der Waals surface area contributed by atoms with Crippen molar-refractivity contribution in [3.63, 3.8) is 0 Å². The molecule has 0 aliphatic rings. The Morgan fingerprint density at radius 3 is 2.64 bits per heavy atom. The first kappa shape index (κ1) is 17.0. The average molecular weight is 355 g/mol. The van der Waals surface area contributed by atoms with E-state index in [4.69, 9.17) is 4.74 Å². The molecule has 0 unspecified atom stereocenters. The summed E-state index contributed by atoms with van der Waals surface area (Å²) in [6.07, 6.45) is 0. The number of methoxy groups -OCH3 is 1. The summed E-state index contributed by atoms with van der Waals surface area (Å²) in [5.74, 6) is 0.458. The molecule has 0 saturated heterocycles. The van der Waals surface area contributed by atoms with Crippen LogP contribution in [0, 0.1) is 0 Å². The second-order valence-electron chi connectivity index (χ2n) is 5.16. The largest absolute Gasteiger partial charge is 0.495 e. The molecule has 0 fully saturated rings. The Kier molecular flexibility index (Phi) is 5.30. The van der Waals surface area contributed by atoms with E-state index < -0.39 is 5.25 Å². The number of hydrogen-bond donors (Lipinski definition) is 1. The highest BCUT2D eigenvalue weighted by molar-refractivity contribution is 8.00. The van der Waals surface area contributed by atoms with Crippen LogP contribution in [0.3, 0.4) is 0 Å². The maximum absolute atomic E-state index is 12.5. The quantitative estimate of drug-likeness (QED) is 0.685. The molecule has 8 heteroatoms. The van der Waals surface area contributed by atoms with E-state index in [0.29, 0.717) is 16.6 Å². The maximum Gasteiger partial charge on any atom is 0.237 e. The first-order valence-electron chi connectivity index (χ1n) is 7.63. The zero-order valence-electron chi connectivity index (χ0n) is 13.8. The van der Waals surface area contributed by atoms with Gasteiger partial charge < -0.3 is 10.1 Å². The van der Waals surface area contributed by atoms with Crippen molar-refractivity contribution in [1.29, 1.82) is 0 Å². The van der Waals surface area contributed by atoms with Crippen LogP contribution >= 0.6 is 11.8 Å². The van der Waals surface area contributed by atoms with Crippen LogP contribution in [0.2, 0.25) is 0 Å². The maximum atomic E-state index is 12.5. The van der Waals surface area contributed by atoms with Crippen LogP contribution in [0.4, 0.5) is 5.69 Å². The van der Waals surface area contributed by atoms with Crippen molar-refractivity contribution in [3.05, 3.63) is 54.6 Å². The number of nitrogens with zero attached hydrogens (tertiary/aromatic N) is 4. The Morgan fingerprint density at radius 2 is 1.88 bits per heavy atom. The van der Waals surface area contributed by atoms with Gasteiger partial charge in [-0.15, -0.1) is 5.10 Å². The van der Waals surface area contributed by atoms with Crippen LogP contribution in [0.15, 0.2) is 59.8 Å². The highest BCUT2D eigenvalue weighted by atomic mass is 32.2. The first-order valence-corrected chi connectivity index (χ1v) is 8.51. The van der Waals surface area contributed by atoms with E-state index in [2.05, 4.69) is 20.8 Å². The van der Waals surface area contributed by atoms with Gasteiger partial charge >= 0.3 is 0 Å². The molecular weight excluding hydrogens is 338 g/mol. The third kappa shape index (κ3) is 3.97. The van der Waals surface area contributed by atoms with Gasteiger partial charge in [-0.25, -0.2) is 0 Å². The van der Waals surface area contributed by atoms with Crippen molar-refractivity contribution in [1.82, 2.24) is 20.2 Å². The molecule has 0 bridgehead atoms. The van der Waals surface area contributed by atoms with E-state index in [9.17, 15) is 4.79 Å².